The summed E-state index contributed by atoms with van der Waals surface area (Å²) >= 11 is 0. The SMILES string of the molecule is Cc1ccc(OCCNC(=O)c2c(C)cc(C)cc2C)cc1. The molecule has 1 amide bonds. The second-order valence-electron chi connectivity index (χ2n) is 5.69. The van der Waals surface area contributed by atoms with Crippen molar-refractivity contribution in [1.82, 2.24) is 5.32 Å². The molecule has 3 nitrogen and oxygen atoms in total. The Morgan fingerprint density at radius 2 is 1.55 bits per heavy atom. The van der Waals surface area contributed by atoms with Crippen LogP contribution in [0.4, 0.5) is 0 Å². The van der Waals surface area contributed by atoms with Gasteiger partial charge in [-0.2, -0.15) is 0 Å². The van der Waals surface area contributed by atoms with Crippen molar-refractivity contribution < 1.29 is 9.53 Å². The topological polar surface area (TPSA) is 38.3 Å². The van der Waals surface area contributed by atoms with E-state index < -0.39 is 0 Å². The van der Waals surface area contributed by atoms with Gasteiger partial charge >= 0.3 is 0 Å². The van der Waals surface area contributed by atoms with Crippen molar-refractivity contribution in [2.75, 3.05) is 13.2 Å². The number of hydrogen-bond acceptors (Lipinski definition) is 2. The van der Waals surface area contributed by atoms with Crippen LogP contribution in [0.25, 0.3) is 0 Å². The van der Waals surface area contributed by atoms with Crippen LogP contribution in [0.1, 0.15) is 32.6 Å². The molecule has 1 N–H and O–H groups in total. The molecule has 116 valence electrons. The molecule has 0 unspecified atom stereocenters. The molecule has 0 aliphatic heterocycles. The first kappa shape index (κ1) is 16.1. The lowest BCUT2D eigenvalue weighted by atomic mass is 9.99. The van der Waals surface area contributed by atoms with Crippen LogP contribution in [0.3, 0.4) is 0 Å². The fourth-order valence-corrected chi connectivity index (χ4v) is 2.59. The molecule has 0 spiro atoms. The average molecular weight is 297 g/mol. The van der Waals surface area contributed by atoms with E-state index in [1.54, 1.807) is 0 Å². The Morgan fingerprint density at radius 3 is 2.14 bits per heavy atom. The van der Waals surface area contributed by atoms with E-state index in [1.165, 1.54) is 11.1 Å². The Balaban J connectivity index is 1.87. The maximum atomic E-state index is 12.3. The van der Waals surface area contributed by atoms with Crippen LogP contribution in [0.15, 0.2) is 36.4 Å². The largest absolute Gasteiger partial charge is 0.492 e. The van der Waals surface area contributed by atoms with Gasteiger partial charge in [-0.25, -0.2) is 0 Å². The summed E-state index contributed by atoms with van der Waals surface area (Å²) in [6, 6.07) is 12.0. The summed E-state index contributed by atoms with van der Waals surface area (Å²) < 4.78 is 5.61. The number of aryl methyl sites for hydroxylation is 4. The summed E-state index contributed by atoms with van der Waals surface area (Å²) in [4.78, 5) is 12.3. The van der Waals surface area contributed by atoms with Gasteiger partial charge in [-0.15, -0.1) is 0 Å². The van der Waals surface area contributed by atoms with E-state index in [2.05, 4.69) is 5.32 Å². The summed E-state index contributed by atoms with van der Waals surface area (Å²) in [6.45, 7) is 8.96. The molecule has 0 saturated carbocycles. The zero-order chi connectivity index (χ0) is 16.1. The summed E-state index contributed by atoms with van der Waals surface area (Å²) in [5.74, 6) is 0.782. The molecule has 0 atom stereocenters. The van der Waals surface area contributed by atoms with Gasteiger partial charge < -0.3 is 10.1 Å². The Labute approximate surface area is 132 Å². The molecule has 0 bridgehead atoms. The maximum absolute atomic E-state index is 12.3. The van der Waals surface area contributed by atoms with Gasteiger partial charge in [0.2, 0.25) is 0 Å². The quantitative estimate of drug-likeness (QED) is 0.854. The minimum absolute atomic E-state index is 0.0393. The molecule has 0 aromatic heterocycles. The number of amides is 1. The normalized spacial score (nSPS) is 10.4. The fourth-order valence-electron chi connectivity index (χ4n) is 2.59. The molecule has 0 aliphatic carbocycles. The minimum Gasteiger partial charge on any atom is -0.492 e. The Bertz CT molecular complexity index is 637. The van der Waals surface area contributed by atoms with Gasteiger partial charge in [0.1, 0.15) is 12.4 Å². The number of carbonyl (C=O) groups is 1. The van der Waals surface area contributed by atoms with Gasteiger partial charge in [-0.1, -0.05) is 35.4 Å². The zero-order valence-electron chi connectivity index (χ0n) is 13.7. The number of rotatable bonds is 5. The maximum Gasteiger partial charge on any atom is 0.251 e. The van der Waals surface area contributed by atoms with Crippen LogP contribution in [0, 0.1) is 27.7 Å². The predicted molar refractivity (Wildman–Crippen MR) is 89.7 cm³/mol. The third kappa shape index (κ3) is 4.10. The Morgan fingerprint density at radius 1 is 0.955 bits per heavy atom. The van der Waals surface area contributed by atoms with Gasteiger partial charge in [-0.3, -0.25) is 4.79 Å². The molecule has 3 heteroatoms. The molecule has 0 heterocycles. The van der Waals surface area contributed by atoms with Crippen LogP contribution in [-0.4, -0.2) is 19.1 Å². The summed E-state index contributed by atoms with van der Waals surface area (Å²) in [6.07, 6.45) is 0. The zero-order valence-corrected chi connectivity index (χ0v) is 13.7. The van der Waals surface area contributed by atoms with E-state index in [9.17, 15) is 4.79 Å². The first-order valence-electron chi connectivity index (χ1n) is 7.53. The molecular formula is C19H23NO2. The smallest absolute Gasteiger partial charge is 0.251 e. The van der Waals surface area contributed by atoms with Crippen LogP contribution in [-0.2, 0) is 0 Å². The fraction of sp³-hybridized carbons (Fsp3) is 0.316. The van der Waals surface area contributed by atoms with Crippen molar-refractivity contribution in [3.05, 3.63) is 64.2 Å². The molecule has 0 radical (unpaired) electrons. The second-order valence-corrected chi connectivity index (χ2v) is 5.69. The number of hydrogen-bond donors (Lipinski definition) is 1. The number of nitrogens with one attached hydrogen (secondary N) is 1. The molecular weight excluding hydrogens is 274 g/mol. The van der Waals surface area contributed by atoms with Gasteiger partial charge in [0.05, 0.1) is 6.54 Å². The predicted octanol–water partition coefficient (Wildman–Crippen LogP) is 3.73. The molecule has 22 heavy (non-hydrogen) atoms. The lowest BCUT2D eigenvalue weighted by Crippen LogP contribution is -2.29. The highest BCUT2D eigenvalue weighted by atomic mass is 16.5. The summed E-state index contributed by atoms with van der Waals surface area (Å²) in [5, 5.41) is 2.92. The lowest BCUT2D eigenvalue weighted by Gasteiger charge is -2.12. The van der Waals surface area contributed by atoms with Gasteiger partial charge in [0.15, 0.2) is 0 Å². The van der Waals surface area contributed by atoms with Crippen LogP contribution < -0.4 is 10.1 Å². The number of carbonyl (C=O) groups excluding carboxylic acids is 1. The van der Waals surface area contributed by atoms with Gasteiger partial charge in [-0.05, 0) is 51.0 Å². The van der Waals surface area contributed by atoms with Crippen LogP contribution in [0.5, 0.6) is 5.75 Å². The molecule has 0 saturated heterocycles. The van der Waals surface area contributed by atoms with Crippen molar-refractivity contribution in [2.24, 2.45) is 0 Å². The van der Waals surface area contributed by atoms with E-state index in [1.807, 2.05) is 64.1 Å². The molecule has 2 rings (SSSR count). The first-order valence-corrected chi connectivity index (χ1v) is 7.53. The van der Waals surface area contributed by atoms with Crippen molar-refractivity contribution in [1.29, 1.82) is 0 Å². The summed E-state index contributed by atoms with van der Waals surface area (Å²) in [7, 11) is 0. The molecule has 2 aromatic carbocycles. The first-order chi connectivity index (χ1) is 10.5. The van der Waals surface area contributed by atoms with E-state index in [0.29, 0.717) is 13.2 Å². The minimum atomic E-state index is -0.0393. The third-order valence-electron chi connectivity index (χ3n) is 3.58. The van der Waals surface area contributed by atoms with Crippen LogP contribution in [0.2, 0.25) is 0 Å². The number of ether oxygens (including phenoxy) is 1. The third-order valence-corrected chi connectivity index (χ3v) is 3.58. The standard InChI is InChI=1S/C19H23NO2/c1-13-5-7-17(8-6-13)22-10-9-20-19(21)18-15(3)11-14(2)12-16(18)4/h5-8,11-12H,9-10H2,1-4H3,(H,20,21). The summed E-state index contributed by atoms with van der Waals surface area (Å²) in [5.41, 5.74) is 5.16. The van der Waals surface area contributed by atoms with Crippen molar-refractivity contribution in [3.63, 3.8) is 0 Å². The highest BCUT2D eigenvalue weighted by molar-refractivity contribution is 5.97. The van der Waals surface area contributed by atoms with Crippen molar-refractivity contribution in [3.8, 4) is 5.75 Å². The van der Waals surface area contributed by atoms with E-state index in [4.69, 9.17) is 4.74 Å². The highest BCUT2D eigenvalue weighted by Gasteiger charge is 2.12. The highest BCUT2D eigenvalue weighted by Crippen LogP contribution is 2.16. The van der Waals surface area contributed by atoms with Crippen molar-refractivity contribution >= 4 is 5.91 Å². The van der Waals surface area contributed by atoms with Crippen molar-refractivity contribution in [2.45, 2.75) is 27.7 Å². The molecule has 0 aliphatic rings. The molecule has 0 fully saturated rings. The molecule has 2 aromatic rings. The Kier molecular flexibility index (Phi) is 5.21. The average Bonchev–Trinajstić information content (AvgIpc) is 2.44. The van der Waals surface area contributed by atoms with E-state index >= 15 is 0 Å². The number of benzene rings is 2. The van der Waals surface area contributed by atoms with E-state index in [-0.39, 0.29) is 5.91 Å². The second kappa shape index (κ2) is 7.12. The van der Waals surface area contributed by atoms with Crippen LogP contribution >= 0.6 is 0 Å². The van der Waals surface area contributed by atoms with E-state index in [0.717, 1.165) is 22.4 Å². The van der Waals surface area contributed by atoms with Gasteiger partial charge in [0, 0.05) is 5.56 Å². The Hall–Kier alpha value is -2.29. The monoisotopic (exact) mass is 297 g/mol. The lowest BCUT2D eigenvalue weighted by molar-refractivity contribution is 0.0946. The van der Waals surface area contributed by atoms with Gasteiger partial charge in [0.25, 0.3) is 5.91 Å².